The number of carboxylic acids is 2. The Kier molecular flexibility index (Phi) is 17.4. The van der Waals surface area contributed by atoms with E-state index < -0.39 is 23.9 Å². The van der Waals surface area contributed by atoms with Crippen molar-refractivity contribution in [3.63, 3.8) is 0 Å². The summed E-state index contributed by atoms with van der Waals surface area (Å²) < 4.78 is 0. The summed E-state index contributed by atoms with van der Waals surface area (Å²) in [5.41, 5.74) is 14.1. The molecule has 20 heteroatoms. The van der Waals surface area contributed by atoms with E-state index >= 15 is 0 Å². The van der Waals surface area contributed by atoms with E-state index in [1.54, 1.807) is 58.4 Å². The summed E-state index contributed by atoms with van der Waals surface area (Å²) in [5.74, 6) is -3.00. The second kappa shape index (κ2) is 20.4. The van der Waals surface area contributed by atoms with Crippen LogP contribution in [0.4, 0.5) is 5.95 Å². The van der Waals surface area contributed by atoms with Gasteiger partial charge in [0.05, 0.1) is 16.8 Å². The quantitative estimate of drug-likeness (QED) is 0.0417. The zero-order valence-corrected chi connectivity index (χ0v) is 28.8. The number of rotatable bonds is 12. The third-order valence-corrected chi connectivity index (χ3v) is 6.91. The molecule has 261 valence electrons. The van der Waals surface area contributed by atoms with Gasteiger partial charge in [-0.1, -0.05) is 12.1 Å². The molecule has 0 aliphatic heterocycles. The van der Waals surface area contributed by atoms with E-state index in [1.165, 1.54) is 0 Å². The number of fused-ring (bicyclic) bond motifs is 1. The Labute approximate surface area is 296 Å². The Hall–Kier alpha value is -4.91. The molecular formula is C28H35CuN11O6S2. The van der Waals surface area contributed by atoms with Gasteiger partial charge in [0.2, 0.25) is 5.95 Å². The zero-order chi connectivity index (χ0) is 35.1. The number of hydrazone groups is 2. The molecule has 17 nitrogen and oxygen atoms in total. The van der Waals surface area contributed by atoms with Gasteiger partial charge in [-0.25, -0.2) is 4.79 Å². The summed E-state index contributed by atoms with van der Waals surface area (Å²) in [6.45, 7) is 3.58. The average Bonchev–Trinajstić information content (AvgIpc) is 3.46. The van der Waals surface area contributed by atoms with Crippen molar-refractivity contribution in [2.24, 2.45) is 20.2 Å². The standard InChI is InChI=1S/C20H21N5O6.C8H16N6S2.Cu/c21-20-24-16-15(18(29)25-20)12(9-22-16)6-3-10-1-4-11(5-2-10)17(28)23-13(19(30)31)7-8-14(26)27;1-5(11-13-7(15)9-3)6(2)12-14-8(16)10-4;/h1-2,4-5,9,13H,3,6-8H2,(H,23,28)(H,26,27)(H,30,31)(H4,21,22,24,25,29);1-4H3,(H2,9,13,15)(H2,10,14,16);/q;;+2/p-2/b;11-5+,12-6+;/t13-;;/m0../s1/i;;1+0. The number of carbonyl (C=O) groups excluding carboxylic acids is 1. The van der Waals surface area contributed by atoms with E-state index in [0.29, 0.717) is 45.6 Å². The summed E-state index contributed by atoms with van der Waals surface area (Å²) in [7, 11) is 3.17. The normalized spacial score (nSPS) is 12.7. The Morgan fingerprint density at radius 3 is 2.04 bits per heavy atom. The van der Waals surface area contributed by atoms with Crippen LogP contribution in [-0.4, -0.2) is 84.9 Å². The molecule has 0 aliphatic carbocycles. The number of benzene rings is 1. The van der Waals surface area contributed by atoms with Crippen LogP contribution in [-0.2, 0) is 64.8 Å². The molecule has 0 saturated heterocycles. The first-order valence-electron chi connectivity index (χ1n) is 13.8. The van der Waals surface area contributed by atoms with Gasteiger partial charge < -0.3 is 51.5 Å². The van der Waals surface area contributed by atoms with Gasteiger partial charge in [-0.2, -0.15) is 15.2 Å². The number of carbonyl (C=O) groups is 3. The van der Waals surface area contributed by atoms with Gasteiger partial charge in [-0.05, 0) is 66.7 Å². The number of carboxylic acid groups (broad SMARTS) is 2. The molecular weight excluding hydrogens is 714 g/mol. The number of hydrogen-bond donors (Lipinski definition) is 8. The van der Waals surface area contributed by atoms with Gasteiger partial charge in [-0.15, -0.1) is 0 Å². The summed E-state index contributed by atoms with van der Waals surface area (Å²) in [5, 5.41) is 29.2. The first-order valence-corrected chi connectivity index (χ1v) is 14.7. The predicted molar refractivity (Wildman–Crippen MR) is 185 cm³/mol. The third-order valence-electron chi connectivity index (χ3n) is 6.36. The zero-order valence-electron chi connectivity index (χ0n) is 26.3. The van der Waals surface area contributed by atoms with Crippen LogP contribution >= 0.6 is 0 Å². The summed E-state index contributed by atoms with van der Waals surface area (Å²) >= 11 is 9.62. The number of aliphatic imine (C=N–C) groups is 2. The number of amidine groups is 2. The van der Waals surface area contributed by atoms with Crippen LogP contribution in [0, 0.1) is 0 Å². The monoisotopic (exact) mass is 749 g/mol. The van der Waals surface area contributed by atoms with E-state index in [4.69, 9.17) is 41.2 Å². The average molecular weight is 750 g/mol. The molecule has 48 heavy (non-hydrogen) atoms. The maximum atomic E-state index is 12.3. The van der Waals surface area contributed by atoms with Gasteiger partial charge in [0.25, 0.3) is 11.5 Å². The molecule has 0 unspecified atom stereocenters. The van der Waals surface area contributed by atoms with Gasteiger partial charge in [0.15, 0.2) is 0 Å². The van der Waals surface area contributed by atoms with Crippen molar-refractivity contribution in [1.82, 2.24) is 31.1 Å². The second-order valence-electron chi connectivity index (χ2n) is 9.66. The SMILES string of the molecule is CN=C([S-])N/N=C(C)/C(C)=N/NC([S-])=NC.Nc1nc2[nH]cc(CCc3ccc(C(=O)N[C@@H](CCC(=O)O)C(=O)O)cc3)c2c(=O)[nH]1.[64Cu+2]. The minimum absolute atomic E-state index is 0. The number of hydrogen-bond acceptors (Lipinski definition) is 12. The maximum absolute atomic E-state index is 12.3. The van der Waals surface area contributed by atoms with Crippen LogP contribution < -0.4 is 27.5 Å². The van der Waals surface area contributed by atoms with E-state index in [2.05, 4.69) is 51.3 Å². The molecule has 1 amide bonds. The Bertz CT molecular complexity index is 1720. The molecule has 0 spiro atoms. The Balaban J connectivity index is 0.000000578. The molecule has 0 bridgehead atoms. The molecule has 0 aliphatic rings. The number of nitrogens with one attached hydrogen (secondary N) is 5. The second-order valence-corrected chi connectivity index (χ2v) is 10.4. The number of nitrogen functional groups attached to an aromatic ring is 1. The van der Waals surface area contributed by atoms with Crippen molar-refractivity contribution >= 4 is 81.8 Å². The van der Waals surface area contributed by atoms with Crippen LogP contribution in [0.5, 0.6) is 0 Å². The van der Waals surface area contributed by atoms with E-state index in [1.807, 2.05) is 0 Å². The van der Waals surface area contributed by atoms with E-state index in [9.17, 15) is 19.2 Å². The number of aliphatic carboxylic acids is 2. The number of amides is 1. The number of nitrogens with zero attached hydrogens (tertiary/aromatic N) is 5. The molecule has 0 fully saturated rings. The van der Waals surface area contributed by atoms with Crippen molar-refractivity contribution in [2.45, 2.75) is 45.6 Å². The molecule has 1 radical (unpaired) electrons. The number of aromatic nitrogens is 3. The fourth-order valence-corrected chi connectivity index (χ4v) is 3.80. The minimum Gasteiger partial charge on any atom is -0.741 e. The van der Waals surface area contributed by atoms with Crippen LogP contribution in [0.1, 0.15) is 48.2 Å². The van der Waals surface area contributed by atoms with Gasteiger partial charge in [0, 0.05) is 32.3 Å². The number of aromatic amines is 2. The first kappa shape index (κ1) is 41.1. The van der Waals surface area contributed by atoms with Crippen LogP contribution in [0.15, 0.2) is 55.4 Å². The van der Waals surface area contributed by atoms with Crippen molar-refractivity contribution in [3.8, 4) is 0 Å². The van der Waals surface area contributed by atoms with Gasteiger partial charge in [0.1, 0.15) is 11.7 Å². The van der Waals surface area contributed by atoms with Crippen molar-refractivity contribution in [2.75, 3.05) is 19.8 Å². The molecule has 1 aromatic carbocycles. The fourth-order valence-electron chi connectivity index (χ4n) is 3.71. The molecule has 0 saturated carbocycles. The van der Waals surface area contributed by atoms with E-state index in [0.717, 1.165) is 11.1 Å². The fraction of sp³-hybridized carbons (Fsp3) is 0.321. The molecule has 3 rings (SSSR count). The van der Waals surface area contributed by atoms with E-state index in [-0.39, 0.29) is 47.0 Å². The first-order chi connectivity index (χ1) is 22.2. The van der Waals surface area contributed by atoms with Gasteiger partial charge >= 0.3 is 29.0 Å². The van der Waals surface area contributed by atoms with Gasteiger partial charge in [-0.3, -0.25) is 40.2 Å². The maximum Gasteiger partial charge on any atom is 2.00 e. The number of anilines is 1. The molecule has 2 heterocycles. The smallest absolute Gasteiger partial charge is 0.741 e. The van der Waals surface area contributed by atoms with Crippen molar-refractivity contribution < 1.29 is 41.7 Å². The molecule has 9 N–H and O–H groups in total. The van der Waals surface area contributed by atoms with Crippen molar-refractivity contribution in [1.29, 1.82) is 0 Å². The van der Waals surface area contributed by atoms with Crippen LogP contribution in [0.2, 0.25) is 0 Å². The molecule has 2 aromatic heterocycles. The number of nitrogens with two attached hydrogens (primary N) is 1. The summed E-state index contributed by atoms with van der Waals surface area (Å²) in [4.78, 5) is 63.2. The summed E-state index contributed by atoms with van der Waals surface area (Å²) in [6.07, 6.45) is 2.27. The van der Waals surface area contributed by atoms with Crippen molar-refractivity contribution in [3.05, 3.63) is 57.5 Å². The predicted octanol–water partition coefficient (Wildman–Crippen LogP) is 0.647. The topological polar surface area (TPSA) is 265 Å². The number of H-pyrrole nitrogens is 2. The number of aryl methyl sites for hydroxylation is 2. The molecule has 3 aromatic rings. The Morgan fingerprint density at radius 2 is 1.54 bits per heavy atom. The minimum atomic E-state index is -1.30. The van der Waals surface area contributed by atoms with Crippen LogP contribution in [0.25, 0.3) is 11.0 Å². The third kappa shape index (κ3) is 13.4. The molecule has 1 atom stereocenters. The largest absolute Gasteiger partial charge is 2.00 e. The Morgan fingerprint density at radius 1 is 0.979 bits per heavy atom. The van der Waals surface area contributed by atoms with Crippen LogP contribution in [0.3, 0.4) is 0 Å². The summed E-state index contributed by atoms with van der Waals surface area (Å²) in [6, 6.07) is 5.30.